The van der Waals surface area contributed by atoms with Gasteiger partial charge in [-0.3, -0.25) is 9.78 Å². The average molecular weight is 395 g/mol. The smallest absolute Gasteiger partial charge is 0.254 e. The highest BCUT2D eigenvalue weighted by atomic mass is 32.2. The summed E-state index contributed by atoms with van der Waals surface area (Å²) < 4.78 is 53.1. The fourth-order valence-corrected chi connectivity index (χ4v) is 4.44. The van der Waals surface area contributed by atoms with Gasteiger partial charge in [0, 0.05) is 38.1 Å². The maximum absolute atomic E-state index is 13.6. The first-order chi connectivity index (χ1) is 12.9. The molecule has 0 unspecified atom stereocenters. The summed E-state index contributed by atoms with van der Waals surface area (Å²) in [6.07, 6.45) is 3.98. The molecule has 2 heterocycles. The Hall–Kier alpha value is -2.39. The van der Waals surface area contributed by atoms with E-state index >= 15 is 0 Å². The van der Waals surface area contributed by atoms with Gasteiger partial charge in [0.25, 0.3) is 5.91 Å². The Morgan fingerprint density at radius 1 is 1.22 bits per heavy atom. The number of sulfonamides is 1. The molecule has 9 heteroatoms. The Bertz CT molecular complexity index is 915. The van der Waals surface area contributed by atoms with Gasteiger partial charge in [0.2, 0.25) is 10.0 Å². The SMILES string of the molecule is O=C(NCC1CCN(S(=O)(=O)c2cccnc2)CC1)c1ccc(F)cc1F. The molecule has 0 aliphatic carbocycles. The number of hydrogen-bond donors (Lipinski definition) is 1. The topological polar surface area (TPSA) is 79.4 Å². The molecule has 0 spiro atoms. The van der Waals surface area contributed by atoms with Crippen molar-refractivity contribution in [3.8, 4) is 0 Å². The lowest BCUT2D eigenvalue weighted by Gasteiger charge is -2.31. The lowest BCUT2D eigenvalue weighted by Crippen LogP contribution is -2.41. The Morgan fingerprint density at radius 3 is 2.59 bits per heavy atom. The van der Waals surface area contributed by atoms with Crippen LogP contribution < -0.4 is 5.32 Å². The lowest BCUT2D eigenvalue weighted by molar-refractivity contribution is 0.0937. The molecule has 0 radical (unpaired) electrons. The Balaban J connectivity index is 1.53. The molecule has 1 aliphatic rings. The van der Waals surface area contributed by atoms with Gasteiger partial charge in [-0.1, -0.05) is 0 Å². The molecule has 1 aromatic carbocycles. The van der Waals surface area contributed by atoms with Crippen LogP contribution in [0.1, 0.15) is 23.2 Å². The molecule has 0 bridgehead atoms. The zero-order valence-electron chi connectivity index (χ0n) is 14.4. The summed E-state index contributed by atoms with van der Waals surface area (Å²) >= 11 is 0. The van der Waals surface area contributed by atoms with Crippen molar-refractivity contribution in [2.24, 2.45) is 5.92 Å². The van der Waals surface area contributed by atoms with Crippen molar-refractivity contribution in [1.82, 2.24) is 14.6 Å². The quantitative estimate of drug-likeness (QED) is 0.842. The van der Waals surface area contributed by atoms with E-state index in [-0.39, 0.29) is 16.4 Å². The predicted octanol–water partition coefficient (Wildman–Crippen LogP) is 2.19. The van der Waals surface area contributed by atoms with Gasteiger partial charge < -0.3 is 5.32 Å². The number of amides is 1. The van der Waals surface area contributed by atoms with Crippen LogP contribution in [0.4, 0.5) is 8.78 Å². The summed E-state index contributed by atoms with van der Waals surface area (Å²) in [7, 11) is -3.57. The van der Waals surface area contributed by atoms with E-state index in [1.54, 1.807) is 6.07 Å². The van der Waals surface area contributed by atoms with Crippen LogP contribution in [0.15, 0.2) is 47.6 Å². The molecule has 144 valence electrons. The second-order valence-corrected chi connectivity index (χ2v) is 8.31. The Morgan fingerprint density at radius 2 is 1.96 bits per heavy atom. The zero-order valence-corrected chi connectivity index (χ0v) is 15.3. The fraction of sp³-hybridized carbons (Fsp3) is 0.333. The molecular formula is C18H19F2N3O3S. The van der Waals surface area contributed by atoms with Crippen LogP contribution in [0.5, 0.6) is 0 Å². The number of pyridine rings is 1. The van der Waals surface area contributed by atoms with Crippen LogP contribution in [0.2, 0.25) is 0 Å². The van der Waals surface area contributed by atoms with Crippen LogP contribution >= 0.6 is 0 Å². The number of carbonyl (C=O) groups excluding carboxylic acids is 1. The summed E-state index contributed by atoms with van der Waals surface area (Å²) in [5.41, 5.74) is -0.215. The maximum Gasteiger partial charge on any atom is 0.254 e. The van der Waals surface area contributed by atoms with Crippen molar-refractivity contribution in [3.05, 3.63) is 59.9 Å². The number of carbonyl (C=O) groups is 1. The maximum atomic E-state index is 13.6. The standard InChI is InChI=1S/C18H19F2N3O3S/c19-14-3-4-16(17(20)10-14)18(24)22-11-13-5-8-23(9-6-13)27(25,26)15-2-1-7-21-12-15/h1-4,7,10,12-13H,5-6,8-9,11H2,(H,22,24). The first-order valence-electron chi connectivity index (χ1n) is 8.51. The zero-order chi connectivity index (χ0) is 19.4. The normalized spacial score (nSPS) is 16.2. The molecule has 27 heavy (non-hydrogen) atoms. The molecule has 3 rings (SSSR count). The van der Waals surface area contributed by atoms with E-state index in [1.807, 2.05) is 0 Å². The van der Waals surface area contributed by atoms with Crippen LogP contribution in [0.3, 0.4) is 0 Å². The van der Waals surface area contributed by atoms with Gasteiger partial charge in [-0.2, -0.15) is 4.31 Å². The number of nitrogens with one attached hydrogen (secondary N) is 1. The lowest BCUT2D eigenvalue weighted by atomic mass is 9.98. The molecule has 0 atom stereocenters. The molecule has 1 aliphatic heterocycles. The molecule has 2 aromatic rings. The number of aromatic nitrogens is 1. The van der Waals surface area contributed by atoms with Crippen molar-refractivity contribution in [2.45, 2.75) is 17.7 Å². The summed E-state index contributed by atoms with van der Waals surface area (Å²) in [6.45, 7) is 0.974. The summed E-state index contributed by atoms with van der Waals surface area (Å²) in [4.78, 5) is 16.0. The minimum Gasteiger partial charge on any atom is -0.352 e. The number of hydrogen-bond acceptors (Lipinski definition) is 4. The Labute approximate surface area is 156 Å². The van der Waals surface area contributed by atoms with Crippen LogP contribution in [0, 0.1) is 17.6 Å². The van der Waals surface area contributed by atoms with Crippen molar-refractivity contribution < 1.29 is 22.0 Å². The molecule has 1 amide bonds. The van der Waals surface area contributed by atoms with Crippen molar-refractivity contribution in [1.29, 1.82) is 0 Å². The number of halogens is 2. The predicted molar refractivity (Wildman–Crippen MR) is 94.4 cm³/mol. The molecular weight excluding hydrogens is 376 g/mol. The van der Waals surface area contributed by atoms with E-state index in [0.717, 1.165) is 12.1 Å². The van der Waals surface area contributed by atoms with E-state index in [2.05, 4.69) is 10.3 Å². The van der Waals surface area contributed by atoms with E-state index in [4.69, 9.17) is 0 Å². The highest BCUT2D eigenvalue weighted by Crippen LogP contribution is 2.23. The number of nitrogens with zero attached hydrogens (tertiary/aromatic N) is 2. The van der Waals surface area contributed by atoms with Crippen molar-refractivity contribution >= 4 is 15.9 Å². The van der Waals surface area contributed by atoms with Crippen LogP contribution in [-0.4, -0.2) is 43.2 Å². The molecule has 1 fully saturated rings. The highest BCUT2D eigenvalue weighted by molar-refractivity contribution is 7.89. The Kier molecular flexibility index (Phi) is 5.81. The van der Waals surface area contributed by atoms with E-state index in [0.29, 0.717) is 38.5 Å². The van der Waals surface area contributed by atoms with Gasteiger partial charge in [-0.15, -0.1) is 0 Å². The minimum absolute atomic E-state index is 0.0813. The van der Waals surface area contributed by atoms with Crippen molar-refractivity contribution in [2.75, 3.05) is 19.6 Å². The number of benzene rings is 1. The average Bonchev–Trinajstić information content (AvgIpc) is 2.67. The summed E-state index contributed by atoms with van der Waals surface area (Å²) in [6, 6.07) is 5.87. The van der Waals surface area contributed by atoms with Crippen molar-refractivity contribution in [3.63, 3.8) is 0 Å². The third-order valence-corrected chi connectivity index (χ3v) is 6.45. The first-order valence-corrected chi connectivity index (χ1v) is 9.95. The van der Waals surface area contributed by atoms with E-state index < -0.39 is 27.6 Å². The van der Waals surface area contributed by atoms with Gasteiger partial charge >= 0.3 is 0 Å². The molecule has 1 aromatic heterocycles. The van der Waals surface area contributed by atoms with Crippen LogP contribution in [0.25, 0.3) is 0 Å². The number of piperidine rings is 1. The van der Waals surface area contributed by atoms with Gasteiger partial charge in [0.15, 0.2) is 0 Å². The van der Waals surface area contributed by atoms with Gasteiger partial charge in [-0.05, 0) is 43.0 Å². The van der Waals surface area contributed by atoms with Gasteiger partial charge in [-0.25, -0.2) is 17.2 Å². The summed E-state index contributed by atoms with van der Waals surface area (Å²) in [5, 5.41) is 2.63. The third-order valence-electron chi connectivity index (χ3n) is 4.57. The van der Waals surface area contributed by atoms with Crippen LogP contribution in [-0.2, 0) is 10.0 Å². The fourth-order valence-electron chi connectivity index (χ4n) is 3.01. The minimum atomic E-state index is -3.57. The van der Waals surface area contributed by atoms with Gasteiger partial charge in [0.05, 0.1) is 5.56 Å². The second kappa shape index (κ2) is 8.10. The van der Waals surface area contributed by atoms with E-state index in [9.17, 15) is 22.0 Å². The monoisotopic (exact) mass is 395 g/mol. The number of rotatable bonds is 5. The highest BCUT2D eigenvalue weighted by Gasteiger charge is 2.29. The molecule has 1 saturated heterocycles. The third kappa shape index (κ3) is 4.48. The second-order valence-electron chi connectivity index (χ2n) is 6.37. The molecule has 1 N–H and O–H groups in total. The first kappa shape index (κ1) is 19.4. The summed E-state index contributed by atoms with van der Waals surface area (Å²) in [5.74, 6) is -2.19. The van der Waals surface area contributed by atoms with E-state index in [1.165, 1.54) is 22.8 Å². The molecule has 6 nitrogen and oxygen atoms in total. The molecule has 0 saturated carbocycles. The van der Waals surface area contributed by atoms with Gasteiger partial charge in [0.1, 0.15) is 16.5 Å². The largest absolute Gasteiger partial charge is 0.352 e.